The maximum absolute atomic E-state index is 13.5. The van der Waals surface area contributed by atoms with Gasteiger partial charge in [-0.05, 0) is 36.6 Å². The summed E-state index contributed by atoms with van der Waals surface area (Å²) in [5, 5.41) is 13.3. The SMILES string of the molecule is COc1cccc(CNC(=O)[C@H]2[C@H](CO)[C@H]3Cn4c(cccc4=O)[C@@H]2N3C(=O)C2CCC2)c1. The lowest BCUT2D eigenvalue weighted by atomic mass is 9.83. The van der Waals surface area contributed by atoms with Crippen LogP contribution in [0.5, 0.6) is 5.75 Å². The van der Waals surface area contributed by atoms with E-state index in [1.54, 1.807) is 17.7 Å². The second kappa shape index (κ2) is 8.67. The third-order valence-electron chi connectivity index (χ3n) is 7.53. The monoisotopic (exact) mass is 451 g/mol. The van der Waals surface area contributed by atoms with Gasteiger partial charge in [0.1, 0.15) is 5.75 Å². The van der Waals surface area contributed by atoms with Crippen LogP contribution in [0.2, 0.25) is 0 Å². The highest BCUT2D eigenvalue weighted by molar-refractivity contribution is 5.85. The average Bonchev–Trinajstić information content (AvgIpc) is 3.03. The number of amides is 2. The highest BCUT2D eigenvalue weighted by atomic mass is 16.5. The number of hydrogen-bond acceptors (Lipinski definition) is 5. The number of carbonyl (C=O) groups excluding carboxylic acids is 2. The molecule has 5 rings (SSSR count). The van der Waals surface area contributed by atoms with Gasteiger partial charge in [-0.3, -0.25) is 14.4 Å². The number of ether oxygens (including phenoxy) is 1. The number of pyridine rings is 1. The van der Waals surface area contributed by atoms with E-state index in [-0.39, 0.29) is 35.9 Å². The molecular formula is C25H29N3O5. The van der Waals surface area contributed by atoms with Crippen molar-refractivity contribution in [3.63, 3.8) is 0 Å². The molecule has 3 heterocycles. The molecule has 0 spiro atoms. The first-order valence-corrected chi connectivity index (χ1v) is 11.6. The summed E-state index contributed by atoms with van der Waals surface area (Å²) in [4.78, 5) is 41.4. The number of aromatic nitrogens is 1. The molecule has 1 saturated heterocycles. The fourth-order valence-electron chi connectivity index (χ4n) is 5.61. The lowest BCUT2D eigenvalue weighted by Crippen LogP contribution is -2.51. The van der Waals surface area contributed by atoms with E-state index in [0.717, 1.165) is 24.8 Å². The third-order valence-corrected chi connectivity index (χ3v) is 7.53. The van der Waals surface area contributed by atoms with Gasteiger partial charge in [0, 0.05) is 43.3 Å². The number of benzene rings is 1. The van der Waals surface area contributed by atoms with Crippen LogP contribution in [-0.4, -0.2) is 46.1 Å². The number of fused-ring (bicyclic) bond motifs is 4. The van der Waals surface area contributed by atoms with Gasteiger partial charge in [-0.25, -0.2) is 0 Å². The number of nitrogens with zero attached hydrogens (tertiary/aromatic N) is 2. The zero-order valence-corrected chi connectivity index (χ0v) is 18.6. The molecule has 2 fully saturated rings. The second-order valence-electron chi connectivity index (χ2n) is 9.23. The summed E-state index contributed by atoms with van der Waals surface area (Å²) in [5.74, 6) is -0.582. The minimum absolute atomic E-state index is 0.0325. The topological polar surface area (TPSA) is 101 Å². The smallest absolute Gasteiger partial charge is 0.250 e. The Labute approximate surface area is 192 Å². The average molecular weight is 452 g/mol. The molecule has 0 radical (unpaired) electrons. The van der Waals surface area contributed by atoms with Crippen molar-refractivity contribution in [2.45, 2.75) is 44.4 Å². The molecule has 0 unspecified atom stereocenters. The summed E-state index contributed by atoms with van der Waals surface area (Å²) in [6.45, 7) is 0.380. The van der Waals surface area contributed by atoms with Gasteiger partial charge in [0.2, 0.25) is 11.8 Å². The van der Waals surface area contributed by atoms with Crippen LogP contribution in [0.3, 0.4) is 0 Å². The standard InChI is InChI=1S/C25H29N3O5/c1-33-17-8-2-5-15(11-17)12-26-24(31)22-18(14-29)20-13-27-19(9-4-10-21(27)30)23(22)28(20)25(32)16-6-3-7-16/h2,4-5,8-11,16,18,20,22-23,29H,3,6-7,12-14H2,1H3,(H,26,31)/t18-,20-,22+,23+/m1/s1. The fourth-order valence-corrected chi connectivity index (χ4v) is 5.61. The first-order valence-electron chi connectivity index (χ1n) is 11.6. The molecule has 33 heavy (non-hydrogen) atoms. The van der Waals surface area contributed by atoms with E-state index in [4.69, 9.17) is 4.74 Å². The summed E-state index contributed by atoms with van der Waals surface area (Å²) >= 11 is 0. The van der Waals surface area contributed by atoms with Gasteiger partial charge < -0.3 is 24.6 Å². The quantitative estimate of drug-likeness (QED) is 0.693. The molecule has 2 aliphatic heterocycles. The number of methoxy groups -OCH3 is 1. The van der Waals surface area contributed by atoms with Crippen LogP contribution >= 0.6 is 0 Å². The van der Waals surface area contributed by atoms with Gasteiger partial charge in [0.05, 0.1) is 25.1 Å². The Balaban J connectivity index is 1.48. The summed E-state index contributed by atoms with van der Waals surface area (Å²) in [6, 6.07) is 11.5. The van der Waals surface area contributed by atoms with E-state index >= 15 is 0 Å². The van der Waals surface area contributed by atoms with Gasteiger partial charge >= 0.3 is 0 Å². The number of hydrogen-bond donors (Lipinski definition) is 2. The van der Waals surface area contributed by atoms with E-state index < -0.39 is 17.9 Å². The fraction of sp³-hybridized carbons (Fsp3) is 0.480. The predicted octanol–water partition coefficient (Wildman–Crippen LogP) is 1.46. The maximum Gasteiger partial charge on any atom is 0.250 e. The van der Waals surface area contributed by atoms with Crippen molar-refractivity contribution < 1.29 is 19.4 Å². The molecular weight excluding hydrogens is 422 g/mol. The van der Waals surface area contributed by atoms with Crippen molar-refractivity contribution in [3.8, 4) is 5.75 Å². The van der Waals surface area contributed by atoms with Gasteiger partial charge in [-0.15, -0.1) is 0 Å². The van der Waals surface area contributed by atoms with E-state index in [2.05, 4.69) is 5.32 Å². The van der Waals surface area contributed by atoms with Gasteiger partial charge in [-0.2, -0.15) is 0 Å². The molecule has 3 aliphatic rings. The first-order chi connectivity index (χ1) is 16.0. The molecule has 2 aromatic rings. The third kappa shape index (κ3) is 3.62. The van der Waals surface area contributed by atoms with Crippen LogP contribution in [-0.2, 0) is 22.7 Å². The molecule has 2 N–H and O–H groups in total. The first kappa shape index (κ1) is 21.7. The number of aliphatic hydroxyl groups excluding tert-OH is 1. The molecule has 1 aromatic heterocycles. The molecule has 1 aromatic carbocycles. The molecule has 4 atom stereocenters. The normalized spacial score (nSPS) is 25.8. The lowest BCUT2D eigenvalue weighted by Gasteiger charge is -2.41. The summed E-state index contributed by atoms with van der Waals surface area (Å²) in [5.41, 5.74) is 1.42. The predicted molar refractivity (Wildman–Crippen MR) is 120 cm³/mol. The second-order valence-corrected chi connectivity index (χ2v) is 9.23. The van der Waals surface area contributed by atoms with E-state index in [0.29, 0.717) is 24.5 Å². The summed E-state index contributed by atoms with van der Waals surface area (Å²) in [7, 11) is 1.59. The Morgan fingerprint density at radius 3 is 2.67 bits per heavy atom. The maximum atomic E-state index is 13.5. The van der Waals surface area contributed by atoms with E-state index in [1.165, 1.54) is 6.07 Å². The van der Waals surface area contributed by atoms with Crippen LogP contribution in [0.1, 0.15) is 36.6 Å². The number of aliphatic hydroxyl groups is 1. The zero-order chi connectivity index (χ0) is 23.1. The van der Waals surface area contributed by atoms with Crippen molar-refractivity contribution in [1.29, 1.82) is 0 Å². The summed E-state index contributed by atoms with van der Waals surface area (Å²) < 4.78 is 6.92. The number of carbonyl (C=O) groups is 2. The van der Waals surface area contributed by atoms with Crippen molar-refractivity contribution in [3.05, 3.63) is 64.1 Å². The van der Waals surface area contributed by atoms with Crippen LogP contribution < -0.4 is 15.6 Å². The summed E-state index contributed by atoms with van der Waals surface area (Å²) in [6.07, 6.45) is 2.74. The minimum atomic E-state index is -0.634. The highest BCUT2D eigenvalue weighted by Gasteiger charge is 2.58. The van der Waals surface area contributed by atoms with Crippen molar-refractivity contribution in [2.24, 2.45) is 17.8 Å². The van der Waals surface area contributed by atoms with Gasteiger partial charge in [0.25, 0.3) is 5.56 Å². The molecule has 1 aliphatic carbocycles. The van der Waals surface area contributed by atoms with Gasteiger partial charge in [0.15, 0.2) is 0 Å². The minimum Gasteiger partial charge on any atom is -0.497 e. The van der Waals surface area contributed by atoms with Crippen molar-refractivity contribution in [1.82, 2.24) is 14.8 Å². The number of rotatable bonds is 6. The molecule has 8 heteroatoms. The zero-order valence-electron chi connectivity index (χ0n) is 18.6. The van der Waals surface area contributed by atoms with Gasteiger partial charge in [-0.1, -0.05) is 24.6 Å². The largest absolute Gasteiger partial charge is 0.497 e. The lowest BCUT2D eigenvalue weighted by molar-refractivity contribution is -0.143. The molecule has 2 amide bonds. The van der Waals surface area contributed by atoms with Crippen LogP contribution in [0.4, 0.5) is 0 Å². The van der Waals surface area contributed by atoms with Crippen LogP contribution in [0.15, 0.2) is 47.3 Å². The highest BCUT2D eigenvalue weighted by Crippen LogP contribution is 2.49. The Hall–Kier alpha value is -3.13. The van der Waals surface area contributed by atoms with Crippen molar-refractivity contribution >= 4 is 11.8 Å². The molecule has 174 valence electrons. The molecule has 8 nitrogen and oxygen atoms in total. The molecule has 1 saturated carbocycles. The van der Waals surface area contributed by atoms with Crippen molar-refractivity contribution in [2.75, 3.05) is 13.7 Å². The van der Waals surface area contributed by atoms with E-state index in [1.807, 2.05) is 35.2 Å². The van der Waals surface area contributed by atoms with E-state index in [9.17, 15) is 19.5 Å². The number of nitrogens with one attached hydrogen (secondary N) is 1. The molecule has 2 bridgehead atoms. The Morgan fingerprint density at radius 1 is 1.18 bits per heavy atom. The Bertz CT molecular complexity index is 1130. The van der Waals surface area contributed by atoms with Crippen LogP contribution in [0.25, 0.3) is 0 Å². The van der Waals surface area contributed by atoms with Crippen LogP contribution in [0, 0.1) is 17.8 Å². The Kier molecular flexibility index (Phi) is 5.70. The Morgan fingerprint density at radius 2 is 1.97 bits per heavy atom.